The number of alkyl halides is 3. The van der Waals surface area contributed by atoms with Gasteiger partial charge in [0.25, 0.3) is 3.79 Å². The van der Waals surface area contributed by atoms with Crippen molar-refractivity contribution >= 4 is 51.7 Å². The third kappa shape index (κ3) is 3.23. The second kappa shape index (κ2) is 6.00. The molecule has 0 aliphatic heterocycles. The van der Waals surface area contributed by atoms with Gasteiger partial charge in [-0.15, -0.1) is 6.58 Å². The van der Waals surface area contributed by atoms with Crippen molar-refractivity contribution in [3.05, 3.63) is 48.7 Å². The van der Waals surface area contributed by atoms with Gasteiger partial charge in [0.2, 0.25) is 0 Å². The van der Waals surface area contributed by atoms with E-state index in [0.717, 1.165) is 10.9 Å². The van der Waals surface area contributed by atoms with Crippen LogP contribution in [0.3, 0.4) is 0 Å². The van der Waals surface area contributed by atoms with Crippen molar-refractivity contribution < 1.29 is 9.53 Å². The molecule has 3 nitrogen and oxygen atoms in total. The molecule has 0 saturated carbocycles. The van der Waals surface area contributed by atoms with Gasteiger partial charge in [-0.1, -0.05) is 59.1 Å². The van der Waals surface area contributed by atoms with Gasteiger partial charge in [0.1, 0.15) is 5.52 Å². The van der Waals surface area contributed by atoms with E-state index >= 15 is 0 Å². The topological polar surface area (TPSA) is 39.2 Å². The highest BCUT2D eigenvalue weighted by Crippen LogP contribution is 2.33. The summed E-state index contributed by atoms with van der Waals surface area (Å²) in [6.07, 6.45) is 3.80. The Morgan fingerprint density at radius 3 is 2.75 bits per heavy atom. The highest BCUT2D eigenvalue weighted by Gasteiger charge is 2.34. The van der Waals surface area contributed by atoms with Crippen LogP contribution < -0.4 is 4.74 Å². The fourth-order valence-corrected chi connectivity index (χ4v) is 1.86. The lowest BCUT2D eigenvalue weighted by Crippen LogP contribution is -2.25. The van der Waals surface area contributed by atoms with Gasteiger partial charge in [0, 0.05) is 17.1 Å². The fraction of sp³-hybridized carbons (Fsp3) is 0.143. The third-order valence-corrected chi connectivity index (χ3v) is 3.06. The number of nitrogens with zero attached hydrogens (tertiary/aromatic N) is 1. The summed E-state index contributed by atoms with van der Waals surface area (Å²) >= 11 is 16.6. The quantitative estimate of drug-likeness (QED) is 0.366. The minimum Gasteiger partial charge on any atom is -0.421 e. The largest absolute Gasteiger partial charge is 0.421 e. The molecule has 0 unspecified atom stereocenters. The number of halogens is 3. The van der Waals surface area contributed by atoms with Gasteiger partial charge in [-0.25, -0.2) is 4.79 Å². The first-order valence-electron chi connectivity index (χ1n) is 5.70. The molecular formula is C14H10Cl3NO2. The second-order valence-corrected chi connectivity index (χ2v) is 6.29. The standard InChI is InChI=1S/C14H10Cl3NO2/c1-2-4-10-7-6-9-5-3-8-18-11(9)12(10)20-13(19)14(15,16)17/h2-3,5-8H,1,4H2. The Morgan fingerprint density at radius 1 is 1.35 bits per heavy atom. The molecule has 1 aromatic carbocycles. The number of ether oxygens (including phenoxy) is 1. The summed E-state index contributed by atoms with van der Waals surface area (Å²) in [5, 5.41) is 0.826. The lowest BCUT2D eigenvalue weighted by Gasteiger charge is -2.14. The van der Waals surface area contributed by atoms with Gasteiger partial charge < -0.3 is 4.74 Å². The zero-order chi connectivity index (χ0) is 14.8. The van der Waals surface area contributed by atoms with E-state index in [2.05, 4.69) is 11.6 Å². The number of fused-ring (bicyclic) bond motifs is 1. The number of pyridine rings is 1. The van der Waals surface area contributed by atoms with Gasteiger partial charge in [-0.3, -0.25) is 4.98 Å². The summed E-state index contributed by atoms with van der Waals surface area (Å²) < 4.78 is 3.09. The molecule has 0 radical (unpaired) electrons. The SMILES string of the molecule is C=CCc1ccc2cccnc2c1OC(=O)C(Cl)(Cl)Cl. The molecule has 1 heterocycles. The minimum atomic E-state index is -2.14. The van der Waals surface area contributed by atoms with Crippen LogP contribution in [0.15, 0.2) is 43.1 Å². The van der Waals surface area contributed by atoms with Crippen molar-refractivity contribution in [3.8, 4) is 5.75 Å². The Labute approximate surface area is 131 Å². The first-order chi connectivity index (χ1) is 9.43. The molecule has 0 amide bonds. The van der Waals surface area contributed by atoms with Crippen molar-refractivity contribution in [1.82, 2.24) is 4.98 Å². The van der Waals surface area contributed by atoms with Crippen molar-refractivity contribution in [3.63, 3.8) is 0 Å². The Morgan fingerprint density at radius 2 is 2.10 bits per heavy atom. The number of hydrogen-bond acceptors (Lipinski definition) is 3. The number of benzene rings is 1. The summed E-state index contributed by atoms with van der Waals surface area (Å²) in [7, 11) is 0. The Hall–Kier alpha value is -1.29. The molecule has 0 aliphatic carbocycles. The lowest BCUT2D eigenvalue weighted by atomic mass is 10.1. The van der Waals surface area contributed by atoms with Crippen LogP contribution in [-0.2, 0) is 11.2 Å². The van der Waals surface area contributed by atoms with Crippen LogP contribution in [0.5, 0.6) is 5.75 Å². The highest BCUT2D eigenvalue weighted by atomic mass is 35.6. The number of allylic oxidation sites excluding steroid dienone is 1. The predicted octanol–water partition coefficient (Wildman–Crippen LogP) is 4.24. The molecule has 6 heteroatoms. The number of carbonyl (C=O) groups excluding carboxylic acids is 1. The number of hydrogen-bond donors (Lipinski definition) is 0. The molecule has 0 saturated heterocycles. The van der Waals surface area contributed by atoms with E-state index in [1.54, 1.807) is 18.3 Å². The van der Waals surface area contributed by atoms with Gasteiger partial charge >= 0.3 is 5.97 Å². The van der Waals surface area contributed by atoms with E-state index in [0.29, 0.717) is 17.7 Å². The molecule has 104 valence electrons. The van der Waals surface area contributed by atoms with Crippen LogP contribution in [0, 0.1) is 0 Å². The molecule has 0 N–H and O–H groups in total. The molecule has 0 spiro atoms. The van der Waals surface area contributed by atoms with E-state index in [1.807, 2.05) is 18.2 Å². The summed E-state index contributed by atoms with van der Waals surface area (Å²) in [5.41, 5.74) is 1.28. The van der Waals surface area contributed by atoms with Crippen molar-refractivity contribution in [1.29, 1.82) is 0 Å². The maximum absolute atomic E-state index is 11.8. The molecule has 1 aromatic heterocycles. The summed E-state index contributed by atoms with van der Waals surface area (Å²) in [6.45, 7) is 3.67. The van der Waals surface area contributed by atoms with Gasteiger partial charge in [0.05, 0.1) is 0 Å². The number of carbonyl (C=O) groups is 1. The second-order valence-electron chi connectivity index (χ2n) is 4.01. The number of aromatic nitrogens is 1. The van der Waals surface area contributed by atoms with Gasteiger partial charge in [-0.05, 0) is 12.5 Å². The van der Waals surface area contributed by atoms with Crippen LogP contribution in [-0.4, -0.2) is 14.7 Å². The maximum Gasteiger partial charge on any atom is 0.364 e. The van der Waals surface area contributed by atoms with Crippen LogP contribution in [0.2, 0.25) is 0 Å². The van der Waals surface area contributed by atoms with Crippen LogP contribution in [0.4, 0.5) is 0 Å². The van der Waals surface area contributed by atoms with Crippen LogP contribution in [0.1, 0.15) is 5.56 Å². The number of esters is 1. The van der Waals surface area contributed by atoms with E-state index in [9.17, 15) is 4.79 Å². The summed E-state index contributed by atoms with van der Waals surface area (Å²) in [6, 6.07) is 7.35. The molecule has 2 rings (SSSR count). The first-order valence-corrected chi connectivity index (χ1v) is 6.83. The highest BCUT2D eigenvalue weighted by molar-refractivity contribution is 6.75. The van der Waals surface area contributed by atoms with Crippen molar-refractivity contribution in [2.45, 2.75) is 10.2 Å². The van der Waals surface area contributed by atoms with Crippen molar-refractivity contribution in [2.75, 3.05) is 0 Å². The summed E-state index contributed by atoms with van der Waals surface area (Å²) in [5.74, 6) is -0.676. The molecule has 0 aliphatic rings. The average molecular weight is 331 g/mol. The van der Waals surface area contributed by atoms with Crippen LogP contribution >= 0.6 is 34.8 Å². The van der Waals surface area contributed by atoms with Crippen molar-refractivity contribution in [2.24, 2.45) is 0 Å². The van der Waals surface area contributed by atoms with Gasteiger partial charge in [-0.2, -0.15) is 0 Å². The molecule has 20 heavy (non-hydrogen) atoms. The maximum atomic E-state index is 11.8. The average Bonchev–Trinajstić information content (AvgIpc) is 2.40. The van der Waals surface area contributed by atoms with Gasteiger partial charge in [0.15, 0.2) is 5.75 Å². The fourth-order valence-electron chi connectivity index (χ4n) is 1.74. The first kappa shape index (κ1) is 15.1. The normalized spacial score (nSPS) is 11.3. The lowest BCUT2D eigenvalue weighted by molar-refractivity contribution is -0.133. The Kier molecular flexibility index (Phi) is 4.53. The molecule has 0 bridgehead atoms. The number of rotatable bonds is 3. The van der Waals surface area contributed by atoms with E-state index in [-0.39, 0.29) is 0 Å². The molecule has 0 fully saturated rings. The third-order valence-electron chi connectivity index (χ3n) is 2.60. The van der Waals surface area contributed by atoms with Crippen LogP contribution in [0.25, 0.3) is 10.9 Å². The monoisotopic (exact) mass is 329 g/mol. The molecule has 2 aromatic rings. The predicted molar refractivity (Wildman–Crippen MR) is 81.6 cm³/mol. The minimum absolute atomic E-state index is 0.291. The summed E-state index contributed by atoms with van der Waals surface area (Å²) in [4.78, 5) is 16.0. The van der Waals surface area contributed by atoms with E-state index in [1.165, 1.54) is 0 Å². The molecule has 0 atom stereocenters. The zero-order valence-electron chi connectivity index (χ0n) is 10.3. The zero-order valence-corrected chi connectivity index (χ0v) is 12.5. The Balaban J connectivity index is 2.55. The van der Waals surface area contributed by atoms with E-state index in [4.69, 9.17) is 39.5 Å². The van der Waals surface area contributed by atoms with E-state index < -0.39 is 9.76 Å². The molecular weight excluding hydrogens is 321 g/mol. The smallest absolute Gasteiger partial charge is 0.364 e. The Bertz CT molecular complexity index is 665.